The van der Waals surface area contributed by atoms with E-state index < -0.39 is 11.4 Å². The van der Waals surface area contributed by atoms with Gasteiger partial charge in [-0.25, -0.2) is 9.59 Å². The summed E-state index contributed by atoms with van der Waals surface area (Å²) in [5.41, 5.74) is 2.23. The molecule has 0 amide bonds. The number of hydrogen-bond acceptors (Lipinski definition) is 4. The van der Waals surface area contributed by atoms with Gasteiger partial charge in [0.05, 0.1) is 17.5 Å². The van der Waals surface area contributed by atoms with E-state index in [9.17, 15) is 9.59 Å². The second-order valence-corrected chi connectivity index (χ2v) is 6.78. The third kappa shape index (κ3) is 3.69. The van der Waals surface area contributed by atoms with Crippen molar-refractivity contribution in [3.05, 3.63) is 73.0 Å². The standard InChI is InChI=1S/C19H18BrNO4/c1-12-5-3-6-17(13(12)2)24-10-4-9-21-16-8-7-14(20)11-15(16)18(22)25-19(21)23/h3,5-8,11H,4,9-10H2,1-2H3. The van der Waals surface area contributed by atoms with Gasteiger partial charge in [-0.15, -0.1) is 0 Å². The predicted molar refractivity (Wildman–Crippen MR) is 100 cm³/mol. The average Bonchev–Trinajstić information content (AvgIpc) is 2.58. The number of benzene rings is 2. The highest BCUT2D eigenvalue weighted by Crippen LogP contribution is 2.21. The van der Waals surface area contributed by atoms with Crippen LogP contribution < -0.4 is 16.1 Å². The summed E-state index contributed by atoms with van der Waals surface area (Å²) in [6.07, 6.45) is 0.617. The second kappa shape index (κ2) is 7.27. The van der Waals surface area contributed by atoms with E-state index in [1.807, 2.05) is 32.0 Å². The quantitative estimate of drug-likeness (QED) is 0.607. The first kappa shape index (κ1) is 17.5. The van der Waals surface area contributed by atoms with Crippen molar-refractivity contribution in [2.45, 2.75) is 26.8 Å². The molecular weight excluding hydrogens is 386 g/mol. The van der Waals surface area contributed by atoms with Gasteiger partial charge in [0, 0.05) is 11.0 Å². The zero-order valence-electron chi connectivity index (χ0n) is 14.0. The van der Waals surface area contributed by atoms with Crippen LogP contribution in [-0.4, -0.2) is 11.2 Å². The number of aromatic nitrogens is 1. The lowest BCUT2D eigenvalue weighted by Gasteiger charge is -2.12. The Balaban J connectivity index is 1.77. The molecule has 0 fully saturated rings. The number of halogens is 1. The van der Waals surface area contributed by atoms with E-state index in [1.54, 1.807) is 18.2 Å². The molecule has 5 nitrogen and oxygen atoms in total. The smallest absolute Gasteiger partial charge is 0.422 e. The fraction of sp³-hybridized carbons (Fsp3) is 0.263. The van der Waals surface area contributed by atoms with E-state index in [-0.39, 0.29) is 0 Å². The van der Waals surface area contributed by atoms with Gasteiger partial charge in [-0.3, -0.25) is 4.57 Å². The molecule has 0 saturated heterocycles. The summed E-state index contributed by atoms with van der Waals surface area (Å²) in [4.78, 5) is 23.9. The zero-order chi connectivity index (χ0) is 18.0. The molecular formula is C19H18BrNO4. The molecule has 0 saturated carbocycles. The van der Waals surface area contributed by atoms with Crippen LogP contribution >= 0.6 is 15.9 Å². The Morgan fingerprint density at radius 2 is 1.96 bits per heavy atom. The summed E-state index contributed by atoms with van der Waals surface area (Å²) >= 11 is 3.32. The molecule has 130 valence electrons. The number of hydrogen-bond donors (Lipinski definition) is 0. The van der Waals surface area contributed by atoms with Crippen molar-refractivity contribution in [2.24, 2.45) is 0 Å². The number of rotatable bonds is 5. The molecule has 0 spiro atoms. The van der Waals surface area contributed by atoms with E-state index >= 15 is 0 Å². The van der Waals surface area contributed by atoms with Crippen LogP contribution in [-0.2, 0) is 6.54 Å². The van der Waals surface area contributed by atoms with Crippen molar-refractivity contribution in [1.82, 2.24) is 4.57 Å². The fourth-order valence-electron chi connectivity index (χ4n) is 2.69. The van der Waals surface area contributed by atoms with E-state index in [1.165, 1.54) is 10.1 Å². The zero-order valence-corrected chi connectivity index (χ0v) is 15.6. The SMILES string of the molecule is Cc1cccc(OCCCn2c(=O)oc(=O)c3cc(Br)ccc32)c1C. The van der Waals surface area contributed by atoms with Crippen molar-refractivity contribution in [2.75, 3.05) is 6.61 Å². The van der Waals surface area contributed by atoms with Crippen LogP contribution in [0.15, 0.2) is 54.9 Å². The van der Waals surface area contributed by atoms with Crippen LogP contribution in [0.4, 0.5) is 0 Å². The van der Waals surface area contributed by atoms with Crippen LogP contribution in [0.2, 0.25) is 0 Å². The lowest BCUT2D eigenvalue weighted by Crippen LogP contribution is -2.25. The molecule has 2 aromatic carbocycles. The highest BCUT2D eigenvalue weighted by Gasteiger charge is 2.10. The van der Waals surface area contributed by atoms with Crippen LogP contribution in [0.1, 0.15) is 17.5 Å². The van der Waals surface area contributed by atoms with Gasteiger partial charge in [-0.05, 0) is 55.7 Å². The first-order valence-electron chi connectivity index (χ1n) is 7.99. The molecule has 0 bridgehead atoms. The first-order chi connectivity index (χ1) is 12.0. The van der Waals surface area contributed by atoms with Gasteiger partial charge in [0.15, 0.2) is 0 Å². The van der Waals surface area contributed by atoms with Gasteiger partial charge in [-0.1, -0.05) is 28.1 Å². The Labute approximate surface area is 153 Å². The van der Waals surface area contributed by atoms with Crippen LogP contribution in [0, 0.1) is 13.8 Å². The van der Waals surface area contributed by atoms with Crippen molar-refractivity contribution in [3.8, 4) is 5.75 Å². The molecule has 0 N–H and O–H groups in total. The average molecular weight is 404 g/mol. The van der Waals surface area contributed by atoms with Crippen molar-refractivity contribution in [3.63, 3.8) is 0 Å². The summed E-state index contributed by atoms with van der Waals surface area (Å²) in [7, 11) is 0. The van der Waals surface area contributed by atoms with E-state index in [0.717, 1.165) is 15.8 Å². The van der Waals surface area contributed by atoms with Gasteiger partial charge in [-0.2, -0.15) is 0 Å². The van der Waals surface area contributed by atoms with E-state index in [0.29, 0.717) is 30.5 Å². The van der Waals surface area contributed by atoms with Gasteiger partial charge < -0.3 is 9.15 Å². The van der Waals surface area contributed by atoms with Crippen molar-refractivity contribution >= 4 is 26.8 Å². The molecule has 0 aliphatic carbocycles. The van der Waals surface area contributed by atoms with Crippen molar-refractivity contribution in [1.29, 1.82) is 0 Å². The molecule has 0 unspecified atom stereocenters. The van der Waals surface area contributed by atoms with Gasteiger partial charge in [0.2, 0.25) is 0 Å². The number of ether oxygens (including phenoxy) is 1. The Morgan fingerprint density at radius 1 is 1.16 bits per heavy atom. The third-order valence-electron chi connectivity index (χ3n) is 4.21. The molecule has 0 radical (unpaired) electrons. The van der Waals surface area contributed by atoms with Gasteiger partial charge in [0.1, 0.15) is 5.75 Å². The van der Waals surface area contributed by atoms with E-state index in [2.05, 4.69) is 15.9 Å². The van der Waals surface area contributed by atoms with Crippen LogP contribution in [0.3, 0.4) is 0 Å². The Bertz CT molecular complexity index is 1040. The van der Waals surface area contributed by atoms with Gasteiger partial charge >= 0.3 is 11.4 Å². The predicted octanol–water partition coefficient (Wildman–Crippen LogP) is 3.80. The first-order valence-corrected chi connectivity index (χ1v) is 8.79. The third-order valence-corrected chi connectivity index (χ3v) is 4.70. The Morgan fingerprint density at radius 3 is 2.76 bits per heavy atom. The van der Waals surface area contributed by atoms with Crippen LogP contribution in [0.5, 0.6) is 5.75 Å². The fourth-order valence-corrected chi connectivity index (χ4v) is 3.05. The summed E-state index contributed by atoms with van der Waals surface area (Å²) in [5, 5.41) is 0.379. The molecule has 6 heteroatoms. The summed E-state index contributed by atoms with van der Waals surface area (Å²) in [6.45, 7) is 4.93. The summed E-state index contributed by atoms with van der Waals surface area (Å²) < 4.78 is 12.9. The van der Waals surface area contributed by atoms with Crippen molar-refractivity contribution < 1.29 is 9.15 Å². The molecule has 1 heterocycles. The normalized spacial score (nSPS) is 11.0. The largest absolute Gasteiger partial charge is 0.493 e. The molecule has 0 aliphatic heterocycles. The molecule has 25 heavy (non-hydrogen) atoms. The Kier molecular flexibility index (Phi) is 5.08. The molecule has 1 aromatic heterocycles. The minimum Gasteiger partial charge on any atom is -0.493 e. The van der Waals surface area contributed by atoms with Crippen LogP contribution in [0.25, 0.3) is 10.9 Å². The number of fused-ring (bicyclic) bond motifs is 1. The number of aryl methyl sites for hydroxylation is 2. The molecule has 3 rings (SSSR count). The van der Waals surface area contributed by atoms with E-state index in [4.69, 9.17) is 9.15 Å². The maximum atomic E-state index is 12.0. The maximum absolute atomic E-state index is 12.0. The maximum Gasteiger partial charge on any atom is 0.422 e. The second-order valence-electron chi connectivity index (χ2n) is 5.87. The highest BCUT2D eigenvalue weighted by atomic mass is 79.9. The topological polar surface area (TPSA) is 61.4 Å². The van der Waals surface area contributed by atoms with Gasteiger partial charge in [0.25, 0.3) is 0 Å². The number of nitrogens with zero attached hydrogens (tertiary/aromatic N) is 1. The highest BCUT2D eigenvalue weighted by molar-refractivity contribution is 9.10. The lowest BCUT2D eigenvalue weighted by atomic mass is 10.1. The lowest BCUT2D eigenvalue weighted by molar-refractivity contribution is 0.294. The minimum atomic E-state index is -0.647. The monoisotopic (exact) mass is 403 g/mol. The molecule has 0 atom stereocenters. The molecule has 3 aromatic rings. The molecule has 0 aliphatic rings. The summed E-state index contributed by atoms with van der Waals surface area (Å²) in [5.74, 6) is 0.201. The minimum absolute atomic E-state index is 0.379. The summed E-state index contributed by atoms with van der Waals surface area (Å²) in [6, 6.07) is 11.1. The Hall–Kier alpha value is -2.34.